The predicted molar refractivity (Wildman–Crippen MR) is 84.5 cm³/mol. The number of carbonyl (C=O) groups is 2. The number of hydrogen-bond donors (Lipinski definition) is 2. The minimum Gasteiger partial charge on any atom is -0.481 e. The summed E-state index contributed by atoms with van der Waals surface area (Å²) in [4.78, 5) is 27.0. The van der Waals surface area contributed by atoms with Crippen molar-refractivity contribution in [2.75, 3.05) is 18.5 Å². The van der Waals surface area contributed by atoms with Crippen molar-refractivity contribution in [3.8, 4) is 0 Å². The van der Waals surface area contributed by atoms with E-state index in [2.05, 4.69) is 15.4 Å². The van der Waals surface area contributed by atoms with Gasteiger partial charge in [0, 0.05) is 25.7 Å². The molecule has 0 saturated heterocycles. The van der Waals surface area contributed by atoms with Crippen LogP contribution in [-0.2, 0) is 16.1 Å². The van der Waals surface area contributed by atoms with Crippen LogP contribution >= 0.6 is 0 Å². The fourth-order valence-corrected chi connectivity index (χ4v) is 2.29. The molecule has 0 aliphatic rings. The van der Waals surface area contributed by atoms with E-state index in [0.29, 0.717) is 41.8 Å². The average molecular weight is 320 g/mol. The second-order valence-electron chi connectivity index (χ2n) is 4.89. The van der Waals surface area contributed by atoms with Gasteiger partial charge in [0.1, 0.15) is 16.6 Å². The second kappa shape index (κ2) is 7.57. The van der Waals surface area contributed by atoms with Gasteiger partial charge in [-0.1, -0.05) is 0 Å². The highest BCUT2D eigenvalue weighted by Crippen LogP contribution is 2.26. The molecule has 23 heavy (non-hydrogen) atoms. The molecule has 2 rings (SSSR count). The smallest absolute Gasteiger partial charge is 0.341 e. The summed E-state index contributed by atoms with van der Waals surface area (Å²) in [5.74, 6) is -1.32. The van der Waals surface area contributed by atoms with Crippen molar-refractivity contribution in [1.82, 2.24) is 14.8 Å². The van der Waals surface area contributed by atoms with Gasteiger partial charge in [0.25, 0.3) is 0 Å². The van der Waals surface area contributed by atoms with Crippen LogP contribution in [0.4, 0.5) is 5.69 Å². The molecule has 0 fully saturated rings. The first-order valence-corrected chi connectivity index (χ1v) is 7.55. The highest BCUT2D eigenvalue weighted by atomic mass is 16.5. The molecule has 0 aliphatic carbocycles. The first-order chi connectivity index (χ1) is 11.1. The Hall–Kier alpha value is -2.64. The van der Waals surface area contributed by atoms with E-state index >= 15 is 0 Å². The maximum atomic E-state index is 12.1. The molecule has 0 saturated carbocycles. The summed E-state index contributed by atoms with van der Waals surface area (Å²) >= 11 is 0. The lowest BCUT2D eigenvalue weighted by Gasteiger charge is -2.13. The molecule has 0 aliphatic heterocycles. The lowest BCUT2D eigenvalue weighted by molar-refractivity contribution is -0.137. The van der Waals surface area contributed by atoms with E-state index < -0.39 is 11.9 Å². The van der Waals surface area contributed by atoms with Crippen molar-refractivity contribution >= 4 is 28.7 Å². The molecule has 0 aromatic carbocycles. The van der Waals surface area contributed by atoms with E-state index in [1.807, 2.05) is 6.92 Å². The number of carboxylic acids is 1. The normalized spacial score (nSPS) is 10.7. The Morgan fingerprint density at radius 2 is 2.13 bits per heavy atom. The van der Waals surface area contributed by atoms with Crippen LogP contribution in [-0.4, -0.2) is 45.0 Å². The highest BCUT2D eigenvalue weighted by molar-refractivity contribution is 6.03. The Kier molecular flexibility index (Phi) is 5.51. The van der Waals surface area contributed by atoms with Crippen LogP contribution in [0.3, 0.4) is 0 Å². The minimum absolute atomic E-state index is 0.0585. The Bertz CT molecular complexity index is 711. The van der Waals surface area contributed by atoms with Crippen LogP contribution in [0.25, 0.3) is 11.0 Å². The molecular weight excluding hydrogens is 300 g/mol. The summed E-state index contributed by atoms with van der Waals surface area (Å²) in [6.45, 7) is 4.99. The number of nitrogens with zero attached hydrogens (tertiary/aromatic N) is 3. The largest absolute Gasteiger partial charge is 0.481 e. The lowest BCUT2D eigenvalue weighted by atomic mass is 10.2. The van der Waals surface area contributed by atoms with Gasteiger partial charge >= 0.3 is 11.9 Å². The number of hydrogen-bond acceptors (Lipinski definition) is 6. The van der Waals surface area contributed by atoms with Gasteiger partial charge in [-0.15, -0.1) is 0 Å². The number of aromatic nitrogens is 3. The number of esters is 1. The van der Waals surface area contributed by atoms with Crippen LogP contribution in [0.15, 0.2) is 12.4 Å². The molecule has 0 amide bonds. The van der Waals surface area contributed by atoms with Gasteiger partial charge < -0.3 is 15.2 Å². The number of carbonyl (C=O) groups excluding carboxylic acids is 1. The van der Waals surface area contributed by atoms with Gasteiger partial charge in [0.15, 0.2) is 0 Å². The first-order valence-electron chi connectivity index (χ1n) is 7.55. The van der Waals surface area contributed by atoms with Gasteiger partial charge in [-0.2, -0.15) is 5.10 Å². The van der Waals surface area contributed by atoms with Crippen molar-refractivity contribution in [2.24, 2.45) is 0 Å². The van der Waals surface area contributed by atoms with Gasteiger partial charge in [0.05, 0.1) is 18.5 Å². The molecule has 0 spiro atoms. The highest BCUT2D eigenvalue weighted by Gasteiger charge is 2.19. The molecule has 2 aromatic heterocycles. The van der Waals surface area contributed by atoms with Gasteiger partial charge in [-0.25, -0.2) is 4.79 Å². The van der Waals surface area contributed by atoms with Crippen molar-refractivity contribution in [3.05, 3.63) is 18.0 Å². The fraction of sp³-hybridized carbons (Fsp3) is 0.467. The molecule has 0 atom stereocenters. The van der Waals surface area contributed by atoms with Crippen LogP contribution in [0, 0.1) is 0 Å². The molecule has 2 heterocycles. The number of rotatable bonds is 8. The fourth-order valence-electron chi connectivity index (χ4n) is 2.29. The second-order valence-corrected chi connectivity index (χ2v) is 4.89. The number of aliphatic carboxylic acids is 1. The number of pyridine rings is 1. The standard InChI is InChI=1S/C15H20N4O4/c1-3-19-14-11(9-18-19)17-8-10(15(22)23-4-2)13(14)16-7-5-6-12(20)21/h8-9H,3-7H2,1-2H3,(H,16,17)(H,20,21). The van der Waals surface area contributed by atoms with Crippen LogP contribution in [0.2, 0.25) is 0 Å². The van der Waals surface area contributed by atoms with Crippen molar-refractivity contribution in [3.63, 3.8) is 0 Å². The number of ether oxygens (including phenoxy) is 1. The molecule has 124 valence electrons. The molecular formula is C15H20N4O4. The molecule has 2 aromatic rings. The van der Waals surface area contributed by atoms with Crippen LogP contribution in [0.1, 0.15) is 37.0 Å². The van der Waals surface area contributed by atoms with Gasteiger partial charge in [0.2, 0.25) is 0 Å². The Balaban J connectivity index is 2.37. The van der Waals surface area contributed by atoms with Crippen molar-refractivity contribution < 1.29 is 19.4 Å². The Morgan fingerprint density at radius 1 is 1.35 bits per heavy atom. The average Bonchev–Trinajstić information content (AvgIpc) is 2.94. The zero-order valence-corrected chi connectivity index (χ0v) is 13.2. The van der Waals surface area contributed by atoms with Gasteiger partial charge in [-0.3, -0.25) is 14.5 Å². The number of anilines is 1. The third-order valence-corrected chi connectivity index (χ3v) is 3.32. The monoisotopic (exact) mass is 320 g/mol. The topological polar surface area (TPSA) is 106 Å². The maximum Gasteiger partial charge on any atom is 0.341 e. The maximum absolute atomic E-state index is 12.1. The third kappa shape index (κ3) is 3.77. The number of nitrogens with one attached hydrogen (secondary N) is 1. The lowest BCUT2D eigenvalue weighted by Crippen LogP contribution is -2.14. The summed E-state index contributed by atoms with van der Waals surface area (Å²) < 4.78 is 6.81. The van der Waals surface area contributed by atoms with E-state index in [1.165, 1.54) is 6.20 Å². The molecule has 0 bridgehead atoms. The Labute approximate surface area is 133 Å². The predicted octanol–water partition coefficient (Wildman–Crippen LogP) is 1.90. The van der Waals surface area contributed by atoms with E-state index in [4.69, 9.17) is 9.84 Å². The summed E-state index contributed by atoms with van der Waals surface area (Å²) in [6, 6.07) is 0. The number of carboxylic acid groups (broad SMARTS) is 1. The molecule has 2 N–H and O–H groups in total. The SMILES string of the molecule is CCOC(=O)c1cnc2cnn(CC)c2c1NCCCC(=O)O. The zero-order chi connectivity index (χ0) is 16.8. The molecule has 0 radical (unpaired) electrons. The minimum atomic E-state index is -0.851. The van der Waals surface area contributed by atoms with Crippen molar-refractivity contribution in [2.45, 2.75) is 33.2 Å². The van der Waals surface area contributed by atoms with Gasteiger partial charge in [-0.05, 0) is 20.3 Å². The molecule has 0 unspecified atom stereocenters. The van der Waals surface area contributed by atoms with E-state index in [1.54, 1.807) is 17.8 Å². The summed E-state index contributed by atoms with van der Waals surface area (Å²) in [6.07, 6.45) is 3.60. The third-order valence-electron chi connectivity index (χ3n) is 3.32. The molecule has 8 nitrogen and oxygen atoms in total. The van der Waals surface area contributed by atoms with E-state index in [9.17, 15) is 9.59 Å². The number of fused-ring (bicyclic) bond motifs is 1. The Morgan fingerprint density at radius 3 is 2.78 bits per heavy atom. The molecule has 8 heteroatoms. The summed E-state index contributed by atoms with van der Waals surface area (Å²) in [7, 11) is 0. The number of aryl methyl sites for hydroxylation is 1. The quantitative estimate of drug-likeness (QED) is 0.565. The van der Waals surface area contributed by atoms with Crippen LogP contribution in [0.5, 0.6) is 0 Å². The van der Waals surface area contributed by atoms with E-state index in [0.717, 1.165) is 0 Å². The first kappa shape index (κ1) is 16.7. The van der Waals surface area contributed by atoms with Crippen molar-refractivity contribution in [1.29, 1.82) is 0 Å². The van der Waals surface area contributed by atoms with Crippen LogP contribution < -0.4 is 5.32 Å². The van der Waals surface area contributed by atoms with E-state index in [-0.39, 0.29) is 13.0 Å². The summed E-state index contributed by atoms with van der Waals surface area (Å²) in [5, 5.41) is 16.1. The zero-order valence-electron chi connectivity index (χ0n) is 13.2. The summed E-state index contributed by atoms with van der Waals surface area (Å²) in [5.41, 5.74) is 2.29.